The molecule has 0 spiro atoms. The van der Waals surface area contributed by atoms with Crippen molar-refractivity contribution in [2.45, 2.75) is 18.4 Å². The Morgan fingerprint density at radius 1 is 1.16 bits per heavy atom. The van der Waals surface area contributed by atoms with Gasteiger partial charge in [0.1, 0.15) is 0 Å². The molecule has 0 bridgehead atoms. The van der Waals surface area contributed by atoms with Crippen molar-refractivity contribution < 1.29 is 9.90 Å². The van der Waals surface area contributed by atoms with Crippen LogP contribution in [0.25, 0.3) is 0 Å². The number of carbonyl (C=O) groups is 1. The Morgan fingerprint density at radius 3 is 2.60 bits per heavy atom. The van der Waals surface area contributed by atoms with Crippen molar-refractivity contribution in [3.05, 3.63) is 71.3 Å². The zero-order chi connectivity index (χ0) is 17.9. The molecule has 1 aliphatic rings. The highest BCUT2D eigenvalue weighted by Crippen LogP contribution is 2.34. The van der Waals surface area contributed by atoms with Crippen molar-refractivity contribution >= 4 is 5.91 Å². The molecule has 4 heteroatoms. The van der Waals surface area contributed by atoms with E-state index in [4.69, 9.17) is 0 Å². The zero-order valence-corrected chi connectivity index (χ0v) is 15.0. The molecule has 2 aromatic carbocycles. The van der Waals surface area contributed by atoms with Gasteiger partial charge in [-0.1, -0.05) is 42.5 Å². The number of aliphatic hydroxyl groups excluding tert-OH is 1. The first-order valence-electron chi connectivity index (χ1n) is 8.73. The van der Waals surface area contributed by atoms with Crippen LogP contribution in [0, 0.1) is 0 Å². The smallest absolute Gasteiger partial charge is 0.253 e. The first-order chi connectivity index (χ1) is 12.0. The Hall–Kier alpha value is -2.17. The molecule has 1 heterocycles. The fourth-order valence-corrected chi connectivity index (χ4v) is 3.64. The molecule has 0 radical (unpaired) electrons. The third kappa shape index (κ3) is 3.75. The number of aliphatic hydroxyl groups is 1. The lowest BCUT2D eigenvalue weighted by atomic mass is 9.80. The van der Waals surface area contributed by atoms with Crippen molar-refractivity contribution in [1.29, 1.82) is 0 Å². The lowest BCUT2D eigenvalue weighted by Crippen LogP contribution is -2.37. The molecule has 0 aliphatic carbocycles. The Morgan fingerprint density at radius 2 is 1.92 bits per heavy atom. The molecule has 1 aliphatic heterocycles. The van der Waals surface area contributed by atoms with Crippen LogP contribution >= 0.6 is 0 Å². The van der Waals surface area contributed by atoms with Crippen LogP contribution in [0.4, 0.5) is 0 Å². The summed E-state index contributed by atoms with van der Waals surface area (Å²) in [5.41, 5.74) is 2.61. The summed E-state index contributed by atoms with van der Waals surface area (Å²) in [6, 6.07) is 17.9. The van der Waals surface area contributed by atoms with Crippen molar-refractivity contribution in [1.82, 2.24) is 9.80 Å². The summed E-state index contributed by atoms with van der Waals surface area (Å²) in [5.74, 6) is 0.0480. The van der Waals surface area contributed by atoms with Crippen LogP contribution < -0.4 is 0 Å². The van der Waals surface area contributed by atoms with Crippen LogP contribution in [-0.2, 0) is 12.0 Å². The molecule has 3 rings (SSSR count). The average molecular weight is 338 g/mol. The van der Waals surface area contributed by atoms with Gasteiger partial charge in [-0.3, -0.25) is 4.79 Å². The summed E-state index contributed by atoms with van der Waals surface area (Å²) in [5, 5.41) is 10.0. The molecule has 1 amide bonds. The van der Waals surface area contributed by atoms with Crippen LogP contribution in [-0.4, -0.2) is 54.6 Å². The molecule has 1 fully saturated rings. The minimum absolute atomic E-state index is 0.0480. The predicted molar refractivity (Wildman–Crippen MR) is 99.6 cm³/mol. The Bertz CT molecular complexity index is 730. The number of hydrogen-bond donors (Lipinski definition) is 1. The summed E-state index contributed by atoms with van der Waals surface area (Å²) in [4.78, 5) is 16.9. The minimum Gasteiger partial charge on any atom is -0.395 e. The summed E-state index contributed by atoms with van der Waals surface area (Å²) in [6.45, 7) is 2.10. The quantitative estimate of drug-likeness (QED) is 0.911. The molecule has 1 unspecified atom stereocenters. The normalized spacial score (nSPS) is 20.2. The van der Waals surface area contributed by atoms with Gasteiger partial charge in [-0.2, -0.15) is 0 Å². The number of hydrogen-bond acceptors (Lipinski definition) is 3. The van der Waals surface area contributed by atoms with Crippen LogP contribution in [0.3, 0.4) is 0 Å². The van der Waals surface area contributed by atoms with E-state index in [0.29, 0.717) is 13.1 Å². The topological polar surface area (TPSA) is 43.8 Å². The Labute approximate surface area is 149 Å². The molecule has 132 valence electrons. The minimum atomic E-state index is -0.349. The van der Waals surface area contributed by atoms with Gasteiger partial charge in [-0.05, 0) is 43.8 Å². The molecule has 4 nitrogen and oxygen atoms in total. The van der Waals surface area contributed by atoms with Gasteiger partial charge in [-0.25, -0.2) is 0 Å². The maximum absolute atomic E-state index is 13.0. The van der Waals surface area contributed by atoms with Gasteiger partial charge in [0, 0.05) is 30.6 Å². The summed E-state index contributed by atoms with van der Waals surface area (Å²) < 4.78 is 0. The van der Waals surface area contributed by atoms with Gasteiger partial charge in [-0.15, -0.1) is 0 Å². The number of amides is 1. The van der Waals surface area contributed by atoms with E-state index in [-0.39, 0.29) is 17.9 Å². The fourth-order valence-electron chi connectivity index (χ4n) is 3.64. The van der Waals surface area contributed by atoms with E-state index in [1.54, 1.807) is 0 Å². The molecule has 2 aromatic rings. The van der Waals surface area contributed by atoms with Gasteiger partial charge >= 0.3 is 0 Å². The van der Waals surface area contributed by atoms with Crippen molar-refractivity contribution in [2.75, 3.05) is 33.8 Å². The highest BCUT2D eigenvalue weighted by molar-refractivity contribution is 5.94. The predicted octanol–water partition coefficient (Wildman–Crippen LogP) is 2.52. The second-order valence-corrected chi connectivity index (χ2v) is 7.22. The Kier molecular flexibility index (Phi) is 5.21. The summed E-state index contributed by atoms with van der Waals surface area (Å²) in [7, 11) is 4.04. The fraction of sp³-hybridized carbons (Fsp3) is 0.381. The monoisotopic (exact) mass is 338 g/mol. The Balaban J connectivity index is 1.78. The van der Waals surface area contributed by atoms with Crippen LogP contribution in [0.5, 0.6) is 0 Å². The third-order valence-corrected chi connectivity index (χ3v) is 5.00. The second-order valence-electron chi connectivity index (χ2n) is 7.22. The SMILES string of the molecule is CN(C)Cc1cccc(C(=O)N2CCC(CO)(c3ccccc3)C2)c1. The zero-order valence-electron chi connectivity index (χ0n) is 15.0. The lowest BCUT2D eigenvalue weighted by molar-refractivity contribution is 0.0774. The first kappa shape index (κ1) is 17.6. The maximum atomic E-state index is 13.0. The van der Waals surface area contributed by atoms with E-state index in [0.717, 1.165) is 29.7 Å². The van der Waals surface area contributed by atoms with E-state index in [1.807, 2.05) is 73.6 Å². The van der Waals surface area contributed by atoms with Gasteiger partial charge in [0.25, 0.3) is 5.91 Å². The van der Waals surface area contributed by atoms with E-state index >= 15 is 0 Å². The van der Waals surface area contributed by atoms with E-state index in [2.05, 4.69) is 4.90 Å². The summed E-state index contributed by atoms with van der Waals surface area (Å²) in [6.07, 6.45) is 0.788. The van der Waals surface area contributed by atoms with E-state index < -0.39 is 0 Å². The number of benzene rings is 2. The van der Waals surface area contributed by atoms with Crippen LogP contribution in [0.2, 0.25) is 0 Å². The van der Waals surface area contributed by atoms with Crippen molar-refractivity contribution in [3.8, 4) is 0 Å². The molecular formula is C21H26N2O2. The maximum Gasteiger partial charge on any atom is 0.253 e. The van der Waals surface area contributed by atoms with Gasteiger partial charge in [0.2, 0.25) is 0 Å². The highest BCUT2D eigenvalue weighted by Gasteiger charge is 2.41. The van der Waals surface area contributed by atoms with E-state index in [1.165, 1.54) is 0 Å². The molecular weight excluding hydrogens is 312 g/mol. The number of nitrogens with zero attached hydrogens (tertiary/aromatic N) is 2. The molecule has 0 aromatic heterocycles. The van der Waals surface area contributed by atoms with Gasteiger partial charge < -0.3 is 14.9 Å². The van der Waals surface area contributed by atoms with Crippen molar-refractivity contribution in [2.24, 2.45) is 0 Å². The molecule has 1 N–H and O–H groups in total. The summed E-state index contributed by atoms with van der Waals surface area (Å²) >= 11 is 0. The average Bonchev–Trinajstić information content (AvgIpc) is 3.07. The number of likely N-dealkylation sites (tertiary alicyclic amines) is 1. The largest absolute Gasteiger partial charge is 0.395 e. The molecule has 1 atom stereocenters. The number of carbonyl (C=O) groups excluding carboxylic acids is 1. The van der Waals surface area contributed by atoms with Crippen LogP contribution in [0.15, 0.2) is 54.6 Å². The van der Waals surface area contributed by atoms with Gasteiger partial charge in [0.15, 0.2) is 0 Å². The molecule has 1 saturated heterocycles. The highest BCUT2D eigenvalue weighted by atomic mass is 16.3. The van der Waals surface area contributed by atoms with Crippen LogP contribution in [0.1, 0.15) is 27.9 Å². The lowest BCUT2D eigenvalue weighted by Gasteiger charge is -2.27. The number of rotatable bonds is 5. The second kappa shape index (κ2) is 7.38. The van der Waals surface area contributed by atoms with Crippen molar-refractivity contribution in [3.63, 3.8) is 0 Å². The standard InChI is InChI=1S/C21H26N2O2/c1-22(2)14-17-7-6-8-18(13-17)20(25)23-12-11-21(15-23,16-24)19-9-4-3-5-10-19/h3-10,13,24H,11-12,14-16H2,1-2H3. The first-order valence-corrected chi connectivity index (χ1v) is 8.73. The third-order valence-electron chi connectivity index (χ3n) is 5.00. The van der Waals surface area contributed by atoms with Gasteiger partial charge in [0.05, 0.1) is 6.61 Å². The molecule has 25 heavy (non-hydrogen) atoms. The van der Waals surface area contributed by atoms with E-state index in [9.17, 15) is 9.90 Å². The molecule has 0 saturated carbocycles.